The van der Waals surface area contributed by atoms with E-state index in [1.165, 1.54) is 0 Å². The van der Waals surface area contributed by atoms with Crippen LogP contribution >= 0.6 is 0 Å². The number of hydrogen-bond donors (Lipinski definition) is 2. The van der Waals surface area contributed by atoms with E-state index < -0.39 is 5.60 Å². The summed E-state index contributed by atoms with van der Waals surface area (Å²) < 4.78 is 5.70. The Bertz CT molecular complexity index is 583. The summed E-state index contributed by atoms with van der Waals surface area (Å²) in [7, 11) is 0. The van der Waals surface area contributed by atoms with E-state index in [0.29, 0.717) is 16.9 Å². The van der Waals surface area contributed by atoms with Crippen molar-refractivity contribution in [3.05, 3.63) is 42.5 Å². The average Bonchev–Trinajstić information content (AvgIpc) is 2.31. The molecule has 0 aromatic heterocycles. The molecule has 0 unspecified atom stereocenters. The van der Waals surface area contributed by atoms with Crippen LogP contribution in [0, 0.1) is 0 Å². The van der Waals surface area contributed by atoms with Gasteiger partial charge in [-0.1, -0.05) is 30.3 Å². The fraction of sp³-hybridized carbons (Fsp3) is 0.250. The van der Waals surface area contributed by atoms with Gasteiger partial charge in [-0.2, -0.15) is 0 Å². The van der Waals surface area contributed by atoms with Crippen molar-refractivity contribution in [1.82, 2.24) is 0 Å². The summed E-state index contributed by atoms with van der Waals surface area (Å²) >= 11 is 0. The van der Waals surface area contributed by atoms with Crippen molar-refractivity contribution >= 4 is 0 Å². The molecule has 0 radical (unpaired) electrons. The Morgan fingerprint density at radius 3 is 2.11 bits per heavy atom. The topological polar surface area (TPSA) is 49.7 Å². The van der Waals surface area contributed by atoms with Crippen LogP contribution in [0.15, 0.2) is 42.5 Å². The lowest BCUT2D eigenvalue weighted by Gasteiger charge is -2.22. The summed E-state index contributed by atoms with van der Waals surface area (Å²) in [5.41, 5.74) is 0.744. The van der Waals surface area contributed by atoms with Crippen molar-refractivity contribution in [3.63, 3.8) is 0 Å². The van der Waals surface area contributed by atoms with E-state index in [9.17, 15) is 10.2 Å². The van der Waals surface area contributed by atoms with Gasteiger partial charge in [0.15, 0.2) is 11.5 Å². The molecule has 0 heterocycles. The highest BCUT2D eigenvalue weighted by Gasteiger charge is 2.17. The Morgan fingerprint density at radius 1 is 0.842 bits per heavy atom. The Morgan fingerprint density at radius 2 is 1.47 bits per heavy atom. The molecule has 0 aliphatic heterocycles. The van der Waals surface area contributed by atoms with Gasteiger partial charge in [0.05, 0.1) is 0 Å². The molecular weight excluding hydrogens is 240 g/mol. The first-order chi connectivity index (χ1) is 8.88. The smallest absolute Gasteiger partial charge is 0.165 e. The quantitative estimate of drug-likeness (QED) is 0.857. The number of para-hydroxylation sites is 2. The minimum Gasteiger partial charge on any atom is -0.507 e. The first-order valence-corrected chi connectivity index (χ1v) is 6.18. The first kappa shape index (κ1) is 13.3. The van der Waals surface area contributed by atoms with Crippen LogP contribution in [0.2, 0.25) is 0 Å². The number of phenols is 2. The van der Waals surface area contributed by atoms with Gasteiger partial charge in [0.1, 0.15) is 11.4 Å². The monoisotopic (exact) mass is 258 g/mol. The summed E-state index contributed by atoms with van der Waals surface area (Å²) in [6.07, 6.45) is 0. The van der Waals surface area contributed by atoms with E-state index in [2.05, 4.69) is 0 Å². The Labute approximate surface area is 113 Å². The van der Waals surface area contributed by atoms with Crippen LogP contribution in [0.25, 0.3) is 11.1 Å². The van der Waals surface area contributed by atoms with Gasteiger partial charge in [-0.25, -0.2) is 0 Å². The molecule has 2 aromatic rings. The van der Waals surface area contributed by atoms with Crippen LogP contribution in [0.3, 0.4) is 0 Å². The van der Waals surface area contributed by atoms with Crippen LogP contribution in [0.5, 0.6) is 17.2 Å². The predicted molar refractivity (Wildman–Crippen MR) is 75.6 cm³/mol. The highest BCUT2D eigenvalue weighted by atomic mass is 16.5. The summed E-state index contributed by atoms with van der Waals surface area (Å²) in [6.45, 7) is 5.75. The molecule has 2 N–H and O–H groups in total. The van der Waals surface area contributed by atoms with Crippen molar-refractivity contribution in [2.45, 2.75) is 26.4 Å². The van der Waals surface area contributed by atoms with Gasteiger partial charge in [0.2, 0.25) is 0 Å². The zero-order chi connectivity index (χ0) is 14.0. The molecular formula is C16H18O3. The minimum absolute atomic E-state index is 0.0407. The maximum Gasteiger partial charge on any atom is 0.165 e. The Balaban J connectivity index is 2.49. The summed E-state index contributed by atoms with van der Waals surface area (Å²) in [6, 6.07) is 12.2. The third kappa shape index (κ3) is 2.99. The zero-order valence-corrected chi connectivity index (χ0v) is 11.3. The fourth-order valence-electron chi connectivity index (χ4n) is 1.85. The van der Waals surface area contributed by atoms with Gasteiger partial charge in [-0.15, -0.1) is 0 Å². The second-order valence-electron chi connectivity index (χ2n) is 5.38. The van der Waals surface area contributed by atoms with Crippen molar-refractivity contribution in [2.24, 2.45) is 0 Å². The maximum absolute atomic E-state index is 10.3. The molecule has 3 heteroatoms. The molecule has 3 nitrogen and oxygen atoms in total. The van der Waals surface area contributed by atoms with Crippen LogP contribution in [-0.2, 0) is 0 Å². The lowest BCUT2D eigenvalue weighted by molar-refractivity contribution is 0.126. The van der Waals surface area contributed by atoms with Crippen molar-refractivity contribution in [3.8, 4) is 28.4 Å². The molecule has 0 aliphatic carbocycles. The van der Waals surface area contributed by atoms with Gasteiger partial charge in [0.25, 0.3) is 0 Å². The molecule has 0 aliphatic rings. The van der Waals surface area contributed by atoms with E-state index in [-0.39, 0.29) is 11.5 Å². The number of aromatic hydroxyl groups is 2. The van der Waals surface area contributed by atoms with Crippen LogP contribution in [-0.4, -0.2) is 15.8 Å². The standard InChI is InChI=1S/C16H18O3/c1-16(2,3)19-14-10-6-8-12(15(14)18)11-7-4-5-9-13(11)17/h4-10,17-18H,1-3H3. The third-order valence-corrected chi connectivity index (χ3v) is 2.61. The van der Waals surface area contributed by atoms with Gasteiger partial charge in [-0.3, -0.25) is 0 Å². The largest absolute Gasteiger partial charge is 0.507 e. The molecule has 2 rings (SSSR count). The molecule has 2 aromatic carbocycles. The number of ether oxygens (including phenoxy) is 1. The average molecular weight is 258 g/mol. The number of benzene rings is 2. The Kier molecular flexibility index (Phi) is 3.38. The van der Waals surface area contributed by atoms with E-state index in [1.807, 2.05) is 26.8 Å². The summed E-state index contributed by atoms with van der Waals surface area (Å²) in [4.78, 5) is 0. The van der Waals surface area contributed by atoms with Gasteiger partial charge >= 0.3 is 0 Å². The first-order valence-electron chi connectivity index (χ1n) is 6.18. The third-order valence-electron chi connectivity index (χ3n) is 2.61. The maximum atomic E-state index is 10.3. The van der Waals surface area contributed by atoms with Crippen molar-refractivity contribution in [2.75, 3.05) is 0 Å². The van der Waals surface area contributed by atoms with Crippen LogP contribution in [0.4, 0.5) is 0 Å². The molecule has 0 spiro atoms. The van der Waals surface area contributed by atoms with Crippen molar-refractivity contribution < 1.29 is 14.9 Å². The van der Waals surface area contributed by atoms with Crippen LogP contribution < -0.4 is 4.74 Å². The van der Waals surface area contributed by atoms with E-state index in [0.717, 1.165) is 0 Å². The molecule has 0 fully saturated rings. The normalized spacial score (nSPS) is 11.3. The van der Waals surface area contributed by atoms with Crippen molar-refractivity contribution in [1.29, 1.82) is 0 Å². The zero-order valence-electron chi connectivity index (χ0n) is 11.3. The summed E-state index contributed by atoms with van der Waals surface area (Å²) in [5.74, 6) is 0.581. The molecule has 0 amide bonds. The van der Waals surface area contributed by atoms with Gasteiger partial charge in [0, 0.05) is 11.1 Å². The fourth-order valence-corrected chi connectivity index (χ4v) is 1.85. The highest BCUT2D eigenvalue weighted by molar-refractivity contribution is 5.77. The highest BCUT2D eigenvalue weighted by Crippen LogP contribution is 2.41. The SMILES string of the molecule is CC(C)(C)Oc1cccc(-c2ccccc2O)c1O. The molecule has 0 atom stereocenters. The second-order valence-corrected chi connectivity index (χ2v) is 5.38. The van der Waals surface area contributed by atoms with Crippen LogP contribution in [0.1, 0.15) is 20.8 Å². The lowest BCUT2D eigenvalue weighted by Crippen LogP contribution is -2.23. The molecule has 0 bridgehead atoms. The predicted octanol–water partition coefficient (Wildman–Crippen LogP) is 3.94. The van der Waals surface area contributed by atoms with E-state index in [1.54, 1.807) is 36.4 Å². The minimum atomic E-state index is -0.394. The van der Waals surface area contributed by atoms with Gasteiger partial charge in [-0.05, 0) is 32.9 Å². The molecule has 19 heavy (non-hydrogen) atoms. The number of rotatable bonds is 2. The number of hydrogen-bond acceptors (Lipinski definition) is 3. The molecule has 100 valence electrons. The molecule has 0 saturated heterocycles. The second kappa shape index (κ2) is 4.84. The number of phenolic OH excluding ortho intramolecular Hbond substituents is 2. The summed E-state index contributed by atoms with van der Waals surface area (Å²) in [5, 5.41) is 20.2. The van der Waals surface area contributed by atoms with E-state index in [4.69, 9.17) is 4.74 Å². The van der Waals surface area contributed by atoms with E-state index >= 15 is 0 Å². The van der Waals surface area contributed by atoms with Gasteiger partial charge < -0.3 is 14.9 Å². The lowest BCUT2D eigenvalue weighted by atomic mass is 10.0. The Hall–Kier alpha value is -2.16. The molecule has 0 saturated carbocycles.